The number of unbranched alkanes of at least 4 members (excludes halogenated alkanes) is 1. The number of pyridine rings is 1. The molecule has 0 unspecified atom stereocenters. The van der Waals surface area contributed by atoms with Crippen molar-refractivity contribution in [1.82, 2.24) is 14.8 Å². The Hall–Kier alpha value is -3.56. The van der Waals surface area contributed by atoms with E-state index in [1.165, 1.54) is 15.8 Å². The SMILES string of the molecule is CCN(CC)C(=O)OCOc1ccc2ccc(OCCCCN3CCN(c4cccc5sccc45)CC3)cc2n1. The number of ether oxygens (including phenoxy) is 3. The molecule has 1 aliphatic rings. The smallest absolute Gasteiger partial charge is 0.412 e. The van der Waals surface area contributed by atoms with Crippen molar-refractivity contribution in [3.05, 3.63) is 60.0 Å². The fraction of sp³-hybridized carbons (Fsp3) is 0.419. The van der Waals surface area contributed by atoms with E-state index in [2.05, 4.69) is 44.4 Å². The molecule has 1 saturated heterocycles. The predicted molar refractivity (Wildman–Crippen MR) is 162 cm³/mol. The number of piperazine rings is 1. The van der Waals surface area contributed by atoms with Gasteiger partial charge in [0.1, 0.15) is 5.75 Å². The maximum absolute atomic E-state index is 12.0. The number of hydrogen-bond acceptors (Lipinski definition) is 8. The van der Waals surface area contributed by atoms with Crippen LogP contribution in [0.15, 0.2) is 60.0 Å². The fourth-order valence-corrected chi connectivity index (χ4v) is 5.86. The molecular weight excluding hydrogens is 524 g/mol. The Balaban J connectivity index is 1.02. The van der Waals surface area contributed by atoms with Crippen LogP contribution in [-0.4, -0.2) is 80.1 Å². The Morgan fingerprint density at radius 1 is 0.975 bits per heavy atom. The zero-order chi connectivity index (χ0) is 27.7. The molecule has 3 heterocycles. The van der Waals surface area contributed by atoms with Gasteiger partial charge in [-0.25, -0.2) is 9.78 Å². The Labute approximate surface area is 240 Å². The van der Waals surface area contributed by atoms with Crippen molar-refractivity contribution in [2.24, 2.45) is 0 Å². The second-order valence-corrected chi connectivity index (χ2v) is 10.8. The zero-order valence-corrected chi connectivity index (χ0v) is 24.2. The standard InChI is InChI=1S/C31H38N4O4S/c1-3-34(4-2)31(36)39-23-38-30-13-11-24-10-12-25(22-27(24)32-30)37-20-6-5-15-33-16-18-35(19-17-33)28-8-7-9-29-26(28)14-21-40-29/h7-14,21-22H,3-6,15-20,23H2,1-2H3. The minimum atomic E-state index is -0.393. The van der Waals surface area contributed by atoms with Crippen LogP contribution in [0.5, 0.6) is 11.6 Å². The highest BCUT2D eigenvalue weighted by molar-refractivity contribution is 7.17. The molecule has 40 heavy (non-hydrogen) atoms. The third-order valence-corrected chi connectivity index (χ3v) is 8.25. The monoisotopic (exact) mass is 562 g/mol. The Bertz CT molecular complexity index is 1400. The number of rotatable bonds is 12. The number of carbonyl (C=O) groups is 1. The predicted octanol–water partition coefficient (Wildman–Crippen LogP) is 6.25. The lowest BCUT2D eigenvalue weighted by Gasteiger charge is -2.36. The summed E-state index contributed by atoms with van der Waals surface area (Å²) in [5.74, 6) is 1.20. The van der Waals surface area contributed by atoms with Gasteiger partial charge in [0.25, 0.3) is 0 Å². The first-order valence-electron chi connectivity index (χ1n) is 14.2. The number of hydrogen-bond donors (Lipinski definition) is 0. The van der Waals surface area contributed by atoms with E-state index in [1.807, 2.05) is 49.4 Å². The zero-order valence-electron chi connectivity index (χ0n) is 23.4. The summed E-state index contributed by atoms with van der Waals surface area (Å²) >= 11 is 1.81. The lowest BCUT2D eigenvalue weighted by Crippen LogP contribution is -2.46. The van der Waals surface area contributed by atoms with Gasteiger partial charge in [0, 0.05) is 72.6 Å². The van der Waals surface area contributed by atoms with Crippen molar-refractivity contribution in [2.75, 3.05) is 64.1 Å². The summed E-state index contributed by atoms with van der Waals surface area (Å²) in [5, 5.41) is 4.55. The van der Waals surface area contributed by atoms with Crippen LogP contribution < -0.4 is 14.4 Å². The van der Waals surface area contributed by atoms with Crippen molar-refractivity contribution in [1.29, 1.82) is 0 Å². The van der Waals surface area contributed by atoms with Crippen LogP contribution in [-0.2, 0) is 4.74 Å². The van der Waals surface area contributed by atoms with Gasteiger partial charge in [-0.1, -0.05) is 6.07 Å². The van der Waals surface area contributed by atoms with Gasteiger partial charge in [-0.05, 0) is 75.0 Å². The van der Waals surface area contributed by atoms with E-state index >= 15 is 0 Å². The number of thiophene rings is 1. The second-order valence-electron chi connectivity index (χ2n) is 9.84. The third-order valence-electron chi connectivity index (χ3n) is 7.37. The van der Waals surface area contributed by atoms with E-state index in [9.17, 15) is 4.79 Å². The van der Waals surface area contributed by atoms with E-state index < -0.39 is 6.09 Å². The largest absolute Gasteiger partial charge is 0.494 e. The third kappa shape index (κ3) is 6.95. The summed E-state index contributed by atoms with van der Waals surface area (Å²) in [5.41, 5.74) is 2.15. The summed E-state index contributed by atoms with van der Waals surface area (Å²) in [7, 11) is 0. The van der Waals surface area contributed by atoms with Gasteiger partial charge >= 0.3 is 6.09 Å². The van der Waals surface area contributed by atoms with Crippen molar-refractivity contribution in [2.45, 2.75) is 26.7 Å². The maximum atomic E-state index is 12.0. The number of anilines is 1. The number of benzene rings is 2. The highest BCUT2D eigenvalue weighted by Gasteiger charge is 2.18. The molecule has 2 aromatic heterocycles. The molecular formula is C31H38N4O4S. The maximum Gasteiger partial charge on any atom is 0.412 e. The highest BCUT2D eigenvalue weighted by atomic mass is 32.1. The van der Waals surface area contributed by atoms with Gasteiger partial charge < -0.3 is 24.0 Å². The van der Waals surface area contributed by atoms with Crippen LogP contribution in [0.1, 0.15) is 26.7 Å². The van der Waals surface area contributed by atoms with Gasteiger partial charge in [-0.3, -0.25) is 4.90 Å². The van der Waals surface area contributed by atoms with E-state index in [4.69, 9.17) is 14.2 Å². The van der Waals surface area contributed by atoms with Gasteiger partial charge in [-0.2, -0.15) is 0 Å². The normalized spacial score (nSPS) is 14.0. The molecule has 9 heteroatoms. The van der Waals surface area contributed by atoms with E-state index in [1.54, 1.807) is 11.0 Å². The van der Waals surface area contributed by atoms with E-state index in [-0.39, 0.29) is 6.79 Å². The number of aromatic nitrogens is 1. The molecule has 1 amide bonds. The van der Waals surface area contributed by atoms with Gasteiger partial charge in [-0.15, -0.1) is 11.3 Å². The topological polar surface area (TPSA) is 67.4 Å². The van der Waals surface area contributed by atoms with Gasteiger partial charge in [0.2, 0.25) is 12.7 Å². The van der Waals surface area contributed by atoms with Gasteiger partial charge in [0.15, 0.2) is 0 Å². The fourth-order valence-electron chi connectivity index (χ4n) is 5.06. The molecule has 0 N–H and O–H groups in total. The molecule has 8 nitrogen and oxygen atoms in total. The second kappa shape index (κ2) is 13.7. The Kier molecular flexibility index (Phi) is 9.57. The average Bonchev–Trinajstić information content (AvgIpc) is 3.47. The molecule has 2 aromatic carbocycles. The molecule has 1 aliphatic heterocycles. The molecule has 4 aromatic rings. The van der Waals surface area contributed by atoms with E-state index in [0.29, 0.717) is 25.6 Å². The van der Waals surface area contributed by atoms with Crippen molar-refractivity contribution < 1.29 is 19.0 Å². The summed E-state index contributed by atoms with van der Waals surface area (Å²) < 4.78 is 18.1. The van der Waals surface area contributed by atoms with Crippen LogP contribution in [0, 0.1) is 0 Å². The van der Waals surface area contributed by atoms with Crippen LogP contribution in [0.4, 0.5) is 10.5 Å². The molecule has 0 atom stereocenters. The Morgan fingerprint density at radius 2 is 1.80 bits per heavy atom. The first-order valence-corrected chi connectivity index (χ1v) is 15.0. The number of fused-ring (bicyclic) bond motifs is 2. The van der Waals surface area contributed by atoms with Crippen LogP contribution in [0.25, 0.3) is 21.0 Å². The highest BCUT2D eigenvalue weighted by Crippen LogP contribution is 2.31. The van der Waals surface area contributed by atoms with E-state index in [0.717, 1.165) is 62.2 Å². The molecule has 212 valence electrons. The minimum Gasteiger partial charge on any atom is -0.494 e. The minimum absolute atomic E-state index is 0.177. The first-order chi connectivity index (χ1) is 19.6. The molecule has 1 fully saturated rings. The molecule has 0 radical (unpaired) electrons. The summed E-state index contributed by atoms with van der Waals surface area (Å²) in [6.07, 6.45) is 1.72. The number of carbonyl (C=O) groups excluding carboxylic acids is 1. The number of nitrogens with zero attached hydrogens (tertiary/aromatic N) is 4. The molecule has 0 saturated carbocycles. The van der Waals surface area contributed by atoms with Crippen molar-refractivity contribution >= 4 is 44.1 Å². The van der Waals surface area contributed by atoms with Crippen LogP contribution in [0.2, 0.25) is 0 Å². The van der Waals surface area contributed by atoms with Gasteiger partial charge in [0.05, 0.1) is 12.1 Å². The average molecular weight is 563 g/mol. The summed E-state index contributed by atoms with van der Waals surface area (Å²) in [6, 6.07) is 18.5. The van der Waals surface area contributed by atoms with Crippen molar-refractivity contribution in [3.63, 3.8) is 0 Å². The number of amides is 1. The molecule has 0 bridgehead atoms. The van der Waals surface area contributed by atoms with Crippen LogP contribution in [0.3, 0.4) is 0 Å². The van der Waals surface area contributed by atoms with Crippen molar-refractivity contribution in [3.8, 4) is 11.6 Å². The summed E-state index contributed by atoms with van der Waals surface area (Å²) in [4.78, 5) is 23.2. The first kappa shape index (κ1) is 28.0. The molecule has 0 aliphatic carbocycles. The Morgan fingerprint density at radius 3 is 2.62 bits per heavy atom. The molecule has 0 spiro atoms. The lowest BCUT2D eigenvalue weighted by molar-refractivity contribution is 0.0348. The summed E-state index contributed by atoms with van der Waals surface area (Å²) in [6.45, 7) is 10.9. The lowest BCUT2D eigenvalue weighted by atomic mass is 10.2. The van der Waals surface area contributed by atoms with Crippen LogP contribution >= 0.6 is 11.3 Å². The quantitative estimate of drug-likeness (QED) is 0.149. The molecule has 5 rings (SSSR count).